The molecule has 0 bridgehead atoms. The maximum atomic E-state index is 13.8. The molecule has 1 fully saturated rings. The van der Waals surface area contributed by atoms with Crippen LogP contribution in [0.5, 0.6) is 5.75 Å². The lowest BCUT2D eigenvalue weighted by molar-refractivity contribution is -0.126. The van der Waals surface area contributed by atoms with Crippen LogP contribution in [0.25, 0.3) is 0 Å². The molecule has 2 N–H and O–H groups in total. The number of ether oxygens (including phenoxy) is 2. The van der Waals surface area contributed by atoms with Gasteiger partial charge in [-0.1, -0.05) is 48.5 Å². The van der Waals surface area contributed by atoms with Crippen LogP contribution in [0, 0.1) is 0 Å². The summed E-state index contributed by atoms with van der Waals surface area (Å²) in [7, 11) is 0. The molecule has 2 heterocycles. The molecule has 1 aliphatic rings. The third kappa shape index (κ3) is 6.75. The summed E-state index contributed by atoms with van der Waals surface area (Å²) in [6, 6.07) is 18.7. The number of hydrogen-bond acceptors (Lipinski definition) is 6. The van der Waals surface area contributed by atoms with Crippen molar-refractivity contribution in [1.82, 2.24) is 10.6 Å². The molecule has 4 rings (SSSR count). The average molecular weight is 522 g/mol. The number of amides is 3. The maximum absolute atomic E-state index is 13.8. The molecule has 0 saturated carbocycles. The van der Waals surface area contributed by atoms with Crippen LogP contribution in [0.2, 0.25) is 0 Å². The molecular weight excluding hydrogens is 490 g/mol. The molecule has 0 spiro atoms. The quantitative estimate of drug-likeness (QED) is 0.398. The Morgan fingerprint density at radius 3 is 2.54 bits per heavy atom. The molecule has 3 aromatic rings. The van der Waals surface area contributed by atoms with Crippen LogP contribution in [0.3, 0.4) is 0 Å². The lowest BCUT2D eigenvalue weighted by atomic mass is 10.0. The number of rotatable bonds is 11. The van der Waals surface area contributed by atoms with Crippen molar-refractivity contribution in [3.8, 4) is 5.75 Å². The van der Waals surface area contributed by atoms with Gasteiger partial charge in [0.1, 0.15) is 11.8 Å². The second-order valence-electron chi connectivity index (χ2n) is 8.52. The van der Waals surface area contributed by atoms with Crippen molar-refractivity contribution >= 4 is 34.7 Å². The molecule has 1 saturated heterocycles. The molecule has 2 atom stereocenters. The number of thiophene rings is 1. The Balaban J connectivity index is 1.68. The summed E-state index contributed by atoms with van der Waals surface area (Å²) in [6.07, 6.45) is 1.78. The second kappa shape index (κ2) is 13.0. The average Bonchev–Trinajstić information content (AvgIpc) is 3.65. The predicted octanol–water partition coefficient (Wildman–Crippen LogP) is 3.95. The smallest absolute Gasteiger partial charge is 0.261 e. The number of nitrogens with one attached hydrogen (secondary N) is 2. The van der Waals surface area contributed by atoms with E-state index >= 15 is 0 Å². The van der Waals surface area contributed by atoms with Gasteiger partial charge in [0.15, 0.2) is 0 Å². The maximum Gasteiger partial charge on any atom is 0.261 e. The molecule has 37 heavy (non-hydrogen) atoms. The van der Waals surface area contributed by atoms with Crippen LogP contribution in [-0.4, -0.2) is 50.1 Å². The third-order valence-electron chi connectivity index (χ3n) is 5.99. The van der Waals surface area contributed by atoms with Crippen LogP contribution in [0.1, 0.15) is 41.0 Å². The largest absolute Gasteiger partial charge is 0.492 e. The molecule has 194 valence electrons. The van der Waals surface area contributed by atoms with E-state index in [9.17, 15) is 14.4 Å². The first-order valence-corrected chi connectivity index (χ1v) is 13.3. The molecule has 3 amide bonds. The molecule has 0 aliphatic carbocycles. The van der Waals surface area contributed by atoms with Gasteiger partial charge < -0.3 is 20.1 Å². The van der Waals surface area contributed by atoms with Gasteiger partial charge in [-0.15, -0.1) is 11.3 Å². The highest BCUT2D eigenvalue weighted by molar-refractivity contribution is 7.12. The zero-order chi connectivity index (χ0) is 26.0. The van der Waals surface area contributed by atoms with Gasteiger partial charge in [-0.3, -0.25) is 19.3 Å². The first kappa shape index (κ1) is 26.4. The number of benzene rings is 2. The highest BCUT2D eigenvalue weighted by Crippen LogP contribution is 2.35. The fraction of sp³-hybridized carbons (Fsp3) is 0.321. The minimum atomic E-state index is -0.990. The van der Waals surface area contributed by atoms with E-state index in [0.29, 0.717) is 41.6 Å². The van der Waals surface area contributed by atoms with Gasteiger partial charge in [0.05, 0.1) is 29.8 Å². The van der Waals surface area contributed by atoms with E-state index < -0.39 is 11.9 Å². The lowest BCUT2D eigenvalue weighted by Crippen LogP contribution is -2.48. The Bertz CT molecular complexity index is 1180. The van der Waals surface area contributed by atoms with Crippen LogP contribution >= 0.6 is 11.3 Å². The van der Waals surface area contributed by atoms with Crippen LogP contribution in [0.15, 0.2) is 72.1 Å². The lowest BCUT2D eigenvalue weighted by Gasteiger charge is -2.33. The molecular formula is C28H31N3O5S. The second-order valence-corrected chi connectivity index (χ2v) is 9.47. The topological polar surface area (TPSA) is 97.0 Å². The van der Waals surface area contributed by atoms with E-state index in [1.807, 2.05) is 43.3 Å². The number of anilines is 1. The van der Waals surface area contributed by atoms with E-state index in [2.05, 4.69) is 10.6 Å². The summed E-state index contributed by atoms with van der Waals surface area (Å²) in [5.74, 6) is -0.666. The van der Waals surface area contributed by atoms with Crippen LogP contribution < -0.4 is 20.3 Å². The van der Waals surface area contributed by atoms with Crippen LogP contribution in [-0.2, 0) is 14.3 Å². The Kier molecular flexibility index (Phi) is 9.29. The van der Waals surface area contributed by atoms with Gasteiger partial charge in [0.2, 0.25) is 11.8 Å². The minimum Gasteiger partial charge on any atom is -0.492 e. The Morgan fingerprint density at radius 1 is 1.05 bits per heavy atom. The van der Waals surface area contributed by atoms with E-state index in [0.717, 1.165) is 12.8 Å². The summed E-state index contributed by atoms with van der Waals surface area (Å²) in [6.45, 7) is 2.98. The zero-order valence-electron chi connectivity index (χ0n) is 20.7. The fourth-order valence-electron chi connectivity index (χ4n) is 4.26. The molecule has 1 aliphatic heterocycles. The van der Waals surface area contributed by atoms with Crippen molar-refractivity contribution < 1.29 is 23.9 Å². The monoisotopic (exact) mass is 521 g/mol. The first-order chi connectivity index (χ1) is 18.1. The number of hydrogen-bond donors (Lipinski definition) is 2. The molecule has 9 heteroatoms. The summed E-state index contributed by atoms with van der Waals surface area (Å²) >= 11 is 1.29. The summed E-state index contributed by atoms with van der Waals surface area (Å²) in [5, 5.41) is 7.48. The van der Waals surface area contributed by atoms with Gasteiger partial charge in [-0.25, -0.2) is 0 Å². The molecule has 2 aromatic carbocycles. The third-order valence-corrected chi connectivity index (χ3v) is 6.86. The van der Waals surface area contributed by atoms with Gasteiger partial charge in [-0.05, 0) is 48.9 Å². The van der Waals surface area contributed by atoms with E-state index in [1.54, 1.807) is 35.7 Å². The first-order valence-electron chi connectivity index (χ1n) is 12.4. The van der Waals surface area contributed by atoms with Crippen molar-refractivity contribution in [2.45, 2.75) is 31.9 Å². The fourth-order valence-corrected chi connectivity index (χ4v) is 4.90. The highest BCUT2D eigenvalue weighted by Gasteiger charge is 2.35. The summed E-state index contributed by atoms with van der Waals surface area (Å²) < 4.78 is 11.5. The van der Waals surface area contributed by atoms with Crippen molar-refractivity contribution in [3.63, 3.8) is 0 Å². The zero-order valence-corrected chi connectivity index (χ0v) is 21.5. The predicted molar refractivity (Wildman–Crippen MR) is 143 cm³/mol. The van der Waals surface area contributed by atoms with Crippen molar-refractivity contribution in [2.75, 3.05) is 31.2 Å². The Hall–Kier alpha value is -3.69. The van der Waals surface area contributed by atoms with Gasteiger partial charge in [0, 0.05) is 13.2 Å². The van der Waals surface area contributed by atoms with Gasteiger partial charge in [0.25, 0.3) is 5.91 Å². The summed E-state index contributed by atoms with van der Waals surface area (Å²) in [4.78, 5) is 42.0. The Labute approximate surface area is 220 Å². The van der Waals surface area contributed by atoms with E-state index in [1.165, 1.54) is 16.2 Å². The molecule has 2 unspecified atom stereocenters. The molecule has 8 nitrogen and oxygen atoms in total. The number of carbonyl (C=O) groups is 3. The van der Waals surface area contributed by atoms with Gasteiger partial charge in [-0.2, -0.15) is 0 Å². The number of nitrogens with zero attached hydrogens (tertiary/aromatic N) is 1. The van der Waals surface area contributed by atoms with E-state index in [4.69, 9.17) is 9.47 Å². The minimum absolute atomic E-state index is 0.0506. The SMILES string of the molecule is CCOc1ccccc1N(C(=O)CNC(=O)c1cccs1)C(C(=O)NCC1CCCO1)c1ccccc1. The normalized spacial score (nSPS) is 15.5. The summed E-state index contributed by atoms with van der Waals surface area (Å²) in [5.41, 5.74) is 1.08. The Morgan fingerprint density at radius 2 is 1.84 bits per heavy atom. The molecule has 0 radical (unpaired) electrons. The van der Waals surface area contributed by atoms with E-state index in [-0.39, 0.29) is 24.5 Å². The number of carbonyl (C=O) groups excluding carboxylic acids is 3. The van der Waals surface area contributed by atoms with Crippen LogP contribution in [0.4, 0.5) is 5.69 Å². The van der Waals surface area contributed by atoms with Crippen molar-refractivity contribution in [1.29, 1.82) is 0 Å². The highest BCUT2D eigenvalue weighted by atomic mass is 32.1. The van der Waals surface area contributed by atoms with Crippen molar-refractivity contribution in [2.24, 2.45) is 0 Å². The van der Waals surface area contributed by atoms with Gasteiger partial charge >= 0.3 is 0 Å². The number of para-hydroxylation sites is 2. The standard InChI is InChI=1S/C28H31N3O5S/c1-2-35-23-14-7-6-13-22(23)31(25(32)19-30-27(33)24-15-9-17-37-24)26(20-10-4-3-5-11-20)28(34)29-18-21-12-8-16-36-21/h3-7,9-11,13-15,17,21,26H,2,8,12,16,18-19H2,1H3,(H,29,34)(H,30,33). The van der Waals surface area contributed by atoms with Crippen molar-refractivity contribution in [3.05, 3.63) is 82.6 Å². The molecule has 1 aromatic heterocycles.